The van der Waals surface area contributed by atoms with Crippen molar-refractivity contribution in [1.82, 2.24) is 10.2 Å². The van der Waals surface area contributed by atoms with Crippen molar-refractivity contribution in [2.24, 2.45) is 0 Å². The normalized spacial score (nSPS) is 14.9. The number of carbonyl (C=O) groups is 5. The Morgan fingerprint density at radius 3 is 1.30 bits per heavy atom. The van der Waals surface area contributed by atoms with E-state index in [0.717, 1.165) is 23.1 Å². The predicted octanol–water partition coefficient (Wildman–Crippen LogP) is 2.20. The first-order valence-corrected chi connectivity index (χ1v) is 24.3. The van der Waals surface area contributed by atoms with Crippen molar-refractivity contribution in [3.63, 3.8) is 0 Å². The van der Waals surface area contributed by atoms with Crippen LogP contribution in [0.4, 0.5) is 5.69 Å². The molecule has 1 atom stereocenters. The number of fused-ring (bicyclic) bond motifs is 1. The Bertz CT molecular complexity index is 1510. The smallest absolute Gasteiger partial charge is 0.264 e. The summed E-state index contributed by atoms with van der Waals surface area (Å²) in [6, 6.07) is 3.52. The van der Waals surface area contributed by atoms with E-state index in [4.69, 9.17) is 61.6 Å². The second kappa shape index (κ2) is 39.7. The lowest BCUT2D eigenvalue weighted by Gasteiger charge is -2.27. The number of anilines is 1. The highest BCUT2D eigenvalue weighted by atomic mass is 79.9. The van der Waals surface area contributed by atoms with Crippen molar-refractivity contribution in [1.29, 1.82) is 0 Å². The molecule has 5 amide bonds. The van der Waals surface area contributed by atoms with Crippen molar-refractivity contribution in [2.75, 3.05) is 182 Å². The molecule has 0 radical (unpaired) electrons. The Labute approximate surface area is 402 Å². The molecule has 2 aliphatic rings. The van der Waals surface area contributed by atoms with E-state index >= 15 is 0 Å². The van der Waals surface area contributed by atoms with Crippen LogP contribution in [0.3, 0.4) is 0 Å². The number of rotatable bonds is 46. The lowest BCUT2D eigenvalue weighted by atomic mass is 10.0. The maximum absolute atomic E-state index is 13.2. The molecule has 0 aliphatic carbocycles. The minimum absolute atomic E-state index is 0.0260. The van der Waals surface area contributed by atoms with Crippen molar-refractivity contribution in [3.05, 3.63) is 29.3 Å². The first-order valence-electron chi connectivity index (χ1n) is 23.1. The molecule has 2 N–H and O–H groups in total. The highest BCUT2D eigenvalue weighted by Crippen LogP contribution is 2.32. The Morgan fingerprint density at radius 1 is 0.522 bits per heavy atom. The molecule has 382 valence electrons. The van der Waals surface area contributed by atoms with Gasteiger partial charge in [0.05, 0.1) is 182 Å². The van der Waals surface area contributed by atoms with Crippen LogP contribution in [0.1, 0.15) is 59.2 Å². The van der Waals surface area contributed by atoms with Gasteiger partial charge in [-0.2, -0.15) is 0 Å². The molecule has 22 heteroatoms. The van der Waals surface area contributed by atoms with Crippen molar-refractivity contribution < 1.29 is 85.6 Å². The van der Waals surface area contributed by atoms with Crippen molar-refractivity contribution in [3.8, 4) is 0 Å². The molecule has 1 aromatic rings. The molecule has 0 bridgehead atoms. The summed E-state index contributed by atoms with van der Waals surface area (Å²) >= 11 is 3.30. The Balaban J connectivity index is 0.960. The number of halogens is 1. The number of ether oxygens (including phenoxy) is 13. The molecular weight excluding hydrogens is 950 g/mol. The van der Waals surface area contributed by atoms with E-state index in [1.807, 2.05) is 0 Å². The molecule has 67 heavy (non-hydrogen) atoms. The van der Waals surface area contributed by atoms with Crippen LogP contribution in [0.2, 0.25) is 0 Å². The lowest BCUT2D eigenvalue weighted by Crippen LogP contribution is -2.54. The van der Waals surface area contributed by atoms with E-state index in [1.165, 1.54) is 6.07 Å². The van der Waals surface area contributed by atoms with Gasteiger partial charge in [-0.15, -0.1) is 0 Å². The summed E-state index contributed by atoms with van der Waals surface area (Å²) in [5, 5.41) is 5.73. The number of imide groups is 2. The number of piperidine rings is 1. The molecule has 2 heterocycles. The second-order valence-corrected chi connectivity index (χ2v) is 15.5. The van der Waals surface area contributed by atoms with E-state index in [1.54, 1.807) is 12.1 Å². The third-order valence-corrected chi connectivity index (χ3v) is 9.94. The molecule has 2 aliphatic heterocycles. The first-order chi connectivity index (χ1) is 32.9. The van der Waals surface area contributed by atoms with Gasteiger partial charge in [0.2, 0.25) is 17.7 Å². The van der Waals surface area contributed by atoms with Crippen LogP contribution in [-0.4, -0.2) is 218 Å². The zero-order valence-corrected chi connectivity index (χ0v) is 40.4. The maximum atomic E-state index is 13.2. The minimum atomic E-state index is -1.08. The second-order valence-electron chi connectivity index (χ2n) is 14.7. The van der Waals surface area contributed by atoms with Crippen molar-refractivity contribution >= 4 is 51.2 Å². The fourth-order valence-electron chi connectivity index (χ4n) is 6.29. The maximum Gasteiger partial charge on any atom is 0.264 e. The summed E-state index contributed by atoms with van der Waals surface area (Å²) in [5.41, 5.74) is 0.376. The number of hydrogen-bond acceptors (Lipinski definition) is 18. The number of carbonyl (C=O) groups excluding carboxylic acids is 5. The highest BCUT2D eigenvalue weighted by Gasteiger charge is 2.45. The Hall–Kier alpha value is -3.07. The number of amides is 5. The molecule has 0 saturated carbocycles. The van der Waals surface area contributed by atoms with Gasteiger partial charge >= 0.3 is 0 Å². The topological polar surface area (TPSA) is 233 Å². The zero-order chi connectivity index (χ0) is 47.8. The highest BCUT2D eigenvalue weighted by molar-refractivity contribution is 9.09. The van der Waals surface area contributed by atoms with Crippen LogP contribution < -0.4 is 10.6 Å². The van der Waals surface area contributed by atoms with Crippen LogP contribution in [0.25, 0.3) is 0 Å². The zero-order valence-electron chi connectivity index (χ0n) is 38.8. The number of nitrogens with zero attached hydrogens (tertiary/aromatic N) is 1. The third-order valence-electron chi connectivity index (χ3n) is 9.62. The summed E-state index contributed by atoms with van der Waals surface area (Å²) in [6.07, 6.45) is 2.43. The molecule has 0 aromatic heterocycles. The number of alkyl halides is 1. The molecule has 21 nitrogen and oxygen atoms in total. The molecule has 1 saturated heterocycles. The van der Waals surface area contributed by atoms with E-state index in [0.29, 0.717) is 178 Å². The average Bonchev–Trinajstić information content (AvgIpc) is 3.57. The summed E-state index contributed by atoms with van der Waals surface area (Å²) in [7, 11) is 0. The van der Waals surface area contributed by atoms with Crippen LogP contribution in [0.15, 0.2) is 18.2 Å². The lowest BCUT2D eigenvalue weighted by molar-refractivity contribution is -0.136. The van der Waals surface area contributed by atoms with Gasteiger partial charge in [0, 0.05) is 24.8 Å². The molecule has 3 rings (SSSR count). The molecular formula is C45H72BrN3O18. The quantitative estimate of drug-likeness (QED) is 0.0542. The minimum Gasteiger partial charge on any atom is -0.379 e. The number of hydrogen-bond donors (Lipinski definition) is 2. The molecule has 1 fully saturated rings. The van der Waals surface area contributed by atoms with Gasteiger partial charge < -0.3 is 66.9 Å². The van der Waals surface area contributed by atoms with Crippen molar-refractivity contribution in [2.45, 2.75) is 44.6 Å². The van der Waals surface area contributed by atoms with Gasteiger partial charge in [-0.05, 0) is 31.4 Å². The largest absolute Gasteiger partial charge is 0.379 e. The van der Waals surface area contributed by atoms with Gasteiger partial charge in [-0.3, -0.25) is 34.2 Å². The number of nitrogens with one attached hydrogen (secondary N) is 2. The SMILES string of the molecule is O=C1CCC(N2C(=O)c3cccc(NC(=O)CCCCCOCCOCCOCCOCCOCCOCCOCCOCCOCCOCCOCCOCCOCCBr)c3C2=O)C(=O)N1. The summed E-state index contributed by atoms with van der Waals surface area (Å²) in [4.78, 5) is 63.6. The Kier molecular flexibility index (Phi) is 34.5. The van der Waals surface area contributed by atoms with Gasteiger partial charge in [0.15, 0.2) is 0 Å². The number of benzene rings is 1. The Morgan fingerprint density at radius 2 is 0.910 bits per heavy atom. The fraction of sp³-hybridized carbons (Fsp3) is 0.756. The monoisotopic (exact) mass is 1020 g/mol. The van der Waals surface area contributed by atoms with Crippen LogP contribution in [0, 0.1) is 0 Å². The molecule has 1 unspecified atom stereocenters. The first kappa shape index (κ1) is 58.2. The fourth-order valence-corrected chi connectivity index (χ4v) is 6.52. The standard InChI is InChI=1S/C45H72BrN3O18/c46-10-12-56-14-16-58-18-20-60-22-24-62-26-28-64-30-32-66-34-36-67-35-33-65-31-29-63-27-25-61-23-21-59-19-17-57-15-13-55-11-3-1-2-7-40(50)47-38-6-4-5-37-42(38)45(54)49(44(37)53)39-8-9-41(51)48-43(39)52/h4-6,39H,1-3,7-36H2,(H,47,50)(H,48,51,52). The van der Waals surface area contributed by atoms with E-state index in [9.17, 15) is 24.0 Å². The third kappa shape index (κ3) is 27.1. The van der Waals surface area contributed by atoms with Crippen LogP contribution in [-0.2, 0) is 76.0 Å². The summed E-state index contributed by atoms with van der Waals surface area (Å²) in [6.45, 7) is 12.9. The van der Waals surface area contributed by atoms with E-state index in [2.05, 4.69) is 26.6 Å². The molecule has 0 spiro atoms. The van der Waals surface area contributed by atoms with Gasteiger partial charge in [0.25, 0.3) is 11.8 Å². The van der Waals surface area contributed by atoms with Gasteiger partial charge in [-0.25, -0.2) is 0 Å². The van der Waals surface area contributed by atoms with E-state index in [-0.39, 0.29) is 42.0 Å². The van der Waals surface area contributed by atoms with Crippen LogP contribution >= 0.6 is 15.9 Å². The average molecular weight is 1020 g/mol. The summed E-state index contributed by atoms with van der Waals surface area (Å²) < 4.78 is 71.2. The van der Waals surface area contributed by atoms with E-state index < -0.39 is 29.7 Å². The van der Waals surface area contributed by atoms with Gasteiger partial charge in [0.1, 0.15) is 6.04 Å². The number of unbranched alkanes of at least 4 members (excludes halogenated alkanes) is 2. The predicted molar refractivity (Wildman–Crippen MR) is 245 cm³/mol. The molecule has 1 aromatic carbocycles. The van der Waals surface area contributed by atoms with Crippen LogP contribution in [0.5, 0.6) is 0 Å². The summed E-state index contributed by atoms with van der Waals surface area (Å²) in [5.74, 6) is -2.73. The van der Waals surface area contributed by atoms with Gasteiger partial charge in [-0.1, -0.05) is 28.4 Å².